The van der Waals surface area contributed by atoms with Crippen molar-refractivity contribution in [3.63, 3.8) is 0 Å². The Morgan fingerprint density at radius 1 is 1.17 bits per heavy atom. The van der Waals surface area contributed by atoms with E-state index in [0.717, 1.165) is 37.0 Å². The van der Waals surface area contributed by atoms with E-state index in [1.807, 2.05) is 17.8 Å². The maximum absolute atomic E-state index is 4.73. The molecular weight excluding hydrogens is 419 g/mol. The van der Waals surface area contributed by atoms with Crippen LogP contribution >= 0.6 is 35.7 Å². The molecule has 0 saturated heterocycles. The maximum atomic E-state index is 4.73. The van der Waals surface area contributed by atoms with Gasteiger partial charge in [0.2, 0.25) is 0 Å². The number of para-hydroxylation sites is 1. The number of hydrogen-bond acceptors (Lipinski definition) is 3. The molecule has 0 spiro atoms. The fourth-order valence-electron chi connectivity index (χ4n) is 1.97. The van der Waals surface area contributed by atoms with Crippen LogP contribution < -0.4 is 16.0 Å². The summed E-state index contributed by atoms with van der Waals surface area (Å²) in [5.41, 5.74) is 1.15. The number of rotatable bonds is 9. The molecule has 1 aromatic carbocycles. The first-order valence-electron chi connectivity index (χ1n) is 8.00. The number of benzene rings is 1. The summed E-state index contributed by atoms with van der Waals surface area (Å²) in [7, 11) is 0. The van der Waals surface area contributed by atoms with Crippen molar-refractivity contribution >= 4 is 47.4 Å². The molecule has 0 aliphatic rings. The van der Waals surface area contributed by atoms with Crippen LogP contribution in [0.25, 0.3) is 0 Å². The second kappa shape index (κ2) is 13.8. The van der Waals surface area contributed by atoms with Crippen LogP contribution in [-0.2, 0) is 0 Å². The van der Waals surface area contributed by atoms with Gasteiger partial charge >= 0.3 is 0 Å². The quantitative estimate of drug-likeness (QED) is 0.233. The van der Waals surface area contributed by atoms with Gasteiger partial charge in [-0.3, -0.25) is 4.99 Å². The van der Waals surface area contributed by atoms with Crippen molar-refractivity contribution in [3.05, 3.63) is 30.3 Å². The lowest BCUT2D eigenvalue weighted by atomic mass is 10.0. The topological polar surface area (TPSA) is 48.5 Å². The minimum Gasteiger partial charge on any atom is -0.380 e. The predicted octanol–water partition coefficient (Wildman–Crippen LogP) is 3.66. The summed E-state index contributed by atoms with van der Waals surface area (Å²) in [6.45, 7) is 9.11. The molecule has 1 atom stereocenters. The molecule has 4 nitrogen and oxygen atoms in total. The predicted molar refractivity (Wildman–Crippen MR) is 116 cm³/mol. The summed E-state index contributed by atoms with van der Waals surface area (Å²) >= 11 is 1.84. The lowest BCUT2D eigenvalue weighted by Crippen LogP contribution is -2.40. The molecule has 0 saturated carbocycles. The molecule has 6 heteroatoms. The van der Waals surface area contributed by atoms with Crippen LogP contribution in [0.5, 0.6) is 0 Å². The zero-order valence-electron chi connectivity index (χ0n) is 14.6. The lowest BCUT2D eigenvalue weighted by Gasteiger charge is -2.22. The Balaban J connectivity index is 0.00000484. The van der Waals surface area contributed by atoms with E-state index in [2.05, 4.69) is 67.2 Å². The van der Waals surface area contributed by atoms with Crippen LogP contribution in [0.1, 0.15) is 20.8 Å². The Morgan fingerprint density at radius 2 is 1.87 bits per heavy atom. The van der Waals surface area contributed by atoms with Gasteiger partial charge in [0, 0.05) is 30.6 Å². The fourth-order valence-corrected chi connectivity index (χ4v) is 2.28. The van der Waals surface area contributed by atoms with Crippen LogP contribution in [-0.4, -0.2) is 43.6 Å². The second-order valence-corrected chi connectivity index (χ2v) is 6.49. The van der Waals surface area contributed by atoms with Gasteiger partial charge in [-0.15, -0.1) is 24.0 Å². The van der Waals surface area contributed by atoms with Crippen LogP contribution in [0.2, 0.25) is 0 Å². The highest BCUT2D eigenvalue weighted by Gasteiger charge is 2.13. The molecule has 0 heterocycles. The van der Waals surface area contributed by atoms with Crippen molar-refractivity contribution in [2.45, 2.75) is 26.8 Å². The Hall–Kier alpha value is -0.630. The molecule has 0 bridgehead atoms. The molecule has 1 aromatic rings. The normalized spacial score (nSPS) is 12.5. The molecule has 0 radical (unpaired) electrons. The molecule has 1 unspecified atom stereocenters. The van der Waals surface area contributed by atoms with E-state index in [-0.39, 0.29) is 24.0 Å². The SMILES string of the molecule is CCNC(=NCC(Nc1ccccc1)C(C)C)NCCSC.I. The average molecular weight is 450 g/mol. The first kappa shape index (κ1) is 22.4. The Labute approximate surface area is 162 Å². The summed E-state index contributed by atoms with van der Waals surface area (Å²) in [5, 5.41) is 10.2. The number of nitrogens with zero attached hydrogens (tertiary/aromatic N) is 1. The van der Waals surface area contributed by atoms with Gasteiger partial charge in [-0.1, -0.05) is 32.0 Å². The largest absolute Gasteiger partial charge is 0.380 e. The molecule has 0 aromatic heterocycles. The first-order valence-corrected chi connectivity index (χ1v) is 9.39. The van der Waals surface area contributed by atoms with E-state index in [0.29, 0.717) is 12.0 Å². The van der Waals surface area contributed by atoms with Crippen molar-refractivity contribution < 1.29 is 0 Å². The van der Waals surface area contributed by atoms with Gasteiger partial charge in [0.25, 0.3) is 0 Å². The molecule has 1 rings (SSSR count). The van der Waals surface area contributed by atoms with Crippen molar-refractivity contribution in [2.24, 2.45) is 10.9 Å². The second-order valence-electron chi connectivity index (χ2n) is 5.50. The molecule has 0 aliphatic carbocycles. The Morgan fingerprint density at radius 3 is 2.43 bits per heavy atom. The smallest absolute Gasteiger partial charge is 0.191 e. The van der Waals surface area contributed by atoms with Crippen molar-refractivity contribution in [2.75, 3.05) is 37.0 Å². The highest BCUT2D eigenvalue weighted by Crippen LogP contribution is 2.12. The van der Waals surface area contributed by atoms with Gasteiger partial charge in [0.15, 0.2) is 5.96 Å². The number of hydrogen-bond donors (Lipinski definition) is 3. The molecule has 0 amide bonds. The van der Waals surface area contributed by atoms with E-state index in [4.69, 9.17) is 4.99 Å². The first-order chi connectivity index (χ1) is 10.7. The van der Waals surface area contributed by atoms with Crippen LogP contribution in [0.3, 0.4) is 0 Å². The minimum absolute atomic E-state index is 0. The molecule has 3 N–H and O–H groups in total. The van der Waals surface area contributed by atoms with E-state index in [1.54, 1.807) is 0 Å². The number of halogens is 1. The van der Waals surface area contributed by atoms with Gasteiger partial charge < -0.3 is 16.0 Å². The Kier molecular flexibility index (Phi) is 13.4. The maximum Gasteiger partial charge on any atom is 0.191 e. The van der Waals surface area contributed by atoms with Gasteiger partial charge in [-0.2, -0.15) is 11.8 Å². The van der Waals surface area contributed by atoms with Crippen molar-refractivity contribution in [1.82, 2.24) is 10.6 Å². The highest BCUT2D eigenvalue weighted by atomic mass is 127. The van der Waals surface area contributed by atoms with E-state index in [9.17, 15) is 0 Å². The monoisotopic (exact) mass is 450 g/mol. The third kappa shape index (κ3) is 9.96. The fraction of sp³-hybridized carbons (Fsp3) is 0.588. The third-order valence-electron chi connectivity index (χ3n) is 3.32. The molecule has 132 valence electrons. The van der Waals surface area contributed by atoms with Crippen LogP contribution in [0, 0.1) is 5.92 Å². The van der Waals surface area contributed by atoms with Crippen LogP contribution in [0.15, 0.2) is 35.3 Å². The van der Waals surface area contributed by atoms with E-state index >= 15 is 0 Å². The average Bonchev–Trinajstić information content (AvgIpc) is 2.52. The summed E-state index contributed by atoms with van der Waals surface area (Å²) in [4.78, 5) is 4.73. The molecule has 0 fully saturated rings. The summed E-state index contributed by atoms with van der Waals surface area (Å²) in [6.07, 6.45) is 2.12. The van der Waals surface area contributed by atoms with Gasteiger partial charge in [-0.25, -0.2) is 0 Å². The number of thioether (sulfide) groups is 1. The van der Waals surface area contributed by atoms with Gasteiger partial charge in [-0.05, 0) is 31.2 Å². The van der Waals surface area contributed by atoms with E-state index < -0.39 is 0 Å². The number of nitrogens with one attached hydrogen (secondary N) is 3. The van der Waals surface area contributed by atoms with Crippen molar-refractivity contribution in [3.8, 4) is 0 Å². The molecule has 23 heavy (non-hydrogen) atoms. The zero-order chi connectivity index (χ0) is 16.2. The van der Waals surface area contributed by atoms with Crippen molar-refractivity contribution in [1.29, 1.82) is 0 Å². The number of anilines is 1. The van der Waals surface area contributed by atoms with Gasteiger partial charge in [0.05, 0.1) is 6.54 Å². The summed E-state index contributed by atoms with van der Waals surface area (Å²) in [6, 6.07) is 10.7. The zero-order valence-corrected chi connectivity index (χ0v) is 17.8. The minimum atomic E-state index is 0. The Bertz CT molecular complexity index is 426. The number of guanidine groups is 1. The summed E-state index contributed by atoms with van der Waals surface area (Å²) in [5.74, 6) is 2.50. The van der Waals surface area contributed by atoms with Crippen LogP contribution in [0.4, 0.5) is 5.69 Å². The standard InChI is InChI=1S/C17H30N4S.HI/c1-5-18-17(19-11-12-22-4)20-13-16(14(2)3)21-15-9-7-6-8-10-15;/h6-10,14,16,21H,5,11-13H2,1-4H3,(H2,18,19,20);1H. The lowest BCUT2D eigenvalue weighted by molar-refractivity contribution is 0.531. The molecular formula is C17H31IN4S. The number of aliphatic imine (C=N–C) groups is 1. The highest BCUT2D eigenvalue weighted by molar-refractivity contribution is 14.0. The third-order valence-corrected chi connectivity index (χ3v) is 3.93. The van der Waals surface area contributed by atoms with E-state index in [1.165, 1.54) is 0 Å². The van der Waals surface area contributed by atoms with Gasteiger partial charge in [0.1, 0.15) is 0 Å². The summed E-state index contributed by atoms with van der Waals surface area (Å²) < 4.78 is 0. The molecule has 0 aliphatic heterocycles.